The van der Waals surface area contributed by atoms with E-state index >= 15 is 0 Å². The van der Waals surface area contributed by atoms with Crippen LogP contribution < -0.4 is 21.1 Å². The number of hydrogen-bond acceptors (Lipinski definition) is 6. The van der Waals surface area contributed by atoms with Crippen LogP contribution in [-0.4, -0.2) is 56.9 Å². The van der Waals surface area contributed by atoms with Crippen molar-refractivity contribution in [2.45, 2.75) is 54.9 Å². The van der Waals surface area contributed by atoms with Crippen LogP contribution in [0.5, 0.6) is 0 Å². The molecular weight excluding hydrogens is 387 g/mol. The van der Waals surface area contributed by atoms with Crippen LogP contribution in [0, 0.1) is 11.8 Å². The molecular formula is C15H26ClFN4O4S. The van der Waals surface area contributed by atoms with E-state index in [4.69, 9.17) is 16.3 Å². The third-order valence-corrected chi connectivity index (χ3v) is 7.52. The molecule has 11 heteroatoms. The number of hydrogen-bond donors (Lipinski definition) is 4. The van der Waals surface area contributed by atoms with Crippen molar-refractivity contribution >= 4 is 27.5 Å². The molecule has 4 N–H and O–H groups in total. The average Bonchev–Trinajstić information content (AvgIpc) is 3.17. The van der Waals surface area contributed by atoms with Crippen molar-refractivity contribution in [3.63, 3.8) is 0 Å². The molecule has 8 nitrogen and oxygen atoms in total. The van der Waals surface area contributed by atoms with Crippen LogP contribution in [0.25, 0.3) is 0 Å². The summed E-state index contributed by atoms with van der Waals surface area (Å²) in [6.07, 6.45) is 1.29. The molecule has 1 amide bonds. The monoisotopic (exact) mass is 412 g/mol. The third kappa shape index (κ3) is 4.66. The maximum absolute atomic E-state index is 14.5. The molecule has 0 aromatic rings. The fourth-order valence-electron chi connectivity index (χ4n) is 3.91. The zero-order chi connectivity index (χ0) is 18.7. The summed E-state index contributed by atoms with van der Waals surface area (Å²) in [4.78, 5) is 14.5. The highest BCUT2D eigenvalue weighted by Crippen LogP contribution is 2.37. The third-order valence-electron chi connectivity index (χ3n) is 5.46. The van der Waals surface area contributed by atoms with Crippen LogP contribution in [-0.2, 0) is 19.6 Å². The predicted octanol–water partition coefficient (Wildman–Crippen LogP) is -0.0458. The molecule has 1 saturated carbocycles. The molecule has 0 aromatic carbocycles. The molecule has 26 heavy (non-hydrogen) atoms. The van der Waals surface area contributed by atoms with Gasteiger partial charge in [-0.05, 0) is 38.0 Å². The summed E-state index contributed by atoms with van der Waals surface area (Å²) >= 11 is 6.13. The van der Waals surface area contributed by atoms with E-state index < -0.39 is 38.6 Å². The first-order valence-electron chi connectivity index (χ1n) is 9.03. The van der Waals surface area contributed by atoms with Crippen LogP contribution in [0.3, 0.4) is 0 Å². The van der Waals surface area contributed by atoms with Gasteiger partial charge in [0.25, 0.3) is 0 Å². The van der Waals surface area contributed by atoms with Gasteiger partial charge in [-0.3, -0.25) is 21.1 Å². The molecule has 150 valence electrons. The second-order valence-corrected chi connectivity index (χ2v) is 9.76. The summed E-state index contributed by atoms with van der Waals surface area (Å²) in [6, 6.07) is 0.134. The molecule has 2 saturated heterocycles. The smallest absolute Gasteiger partial charge is 0.241 e. The second kappa shape index (κ2) is 8.66. The van der Waals surface area contributed by atoms with Gasteiger partial charge in [0.05, 0.1) is 17.9 Å². The Balaban J connectivity index is 1.58. The molecule has 0 aromatic heterocycles. The van der Waals surface area contributed by atoms with Gasteiger partial charge < -0.3 is 4.74 Å². The van der Waals surface area contributed by atoms with Crippen molar-refractivity contribution in [3.8, 4) is 0 Å². The van der Waals surface area contributed by atoms with Crippen molar-refractivity contribution in [3.05, 3.63) is 0 Å². The molecule has 2 aliphatic heterocycles. The Morgan fingerprint density at radius 3 is 2.73 bits per heavy atom. The molecule has 0 spiro atoms. The minimum Gasteiger partial charge on any atom is -0.380 e. The van der Waals surface area contributed by atoms with E-state index in [1.165, 1.54) is 0 Å². The fraction of sp³-hybridized carbons (Fsp3) is 0.933. The largest absolute Gasteiger partial charge is 0.380 e. The Labute approximate surface area is 157 Å². The lowest BCUT2D eigenvalue weighted by molar-refractivity contribution is -0.129. The van der Waals surface area contributed by atoms with Crippen LogP contribution >= 0.6 is 11.6 Å². The van der Waals surface area contributed by atoms with Gasteiger partial charge >= 0.3 is 0 Å². The summed E-state index contributed by atoms with van der Waals surface area (Å²) < 4.78 is 44.2. The summed E-state index contributed by atoms with van der Waals surface area (Å²) in [5.41, 5.74) is 8.35. The molecule has 3 aliphatic rings. The number of carbonyl (C=O) groups is 1. The quantitative estimate of drug-likeness (QED) is 0.372. The molecule has 0 radical (unpaired) electrons. The van der Waals surface area contributed by atoms with Crippen molar-refractivity contribution in [2.75, 3.05) is 19.8 Å². The molecule has 1 aliphatic carbocycles. The molecule has 6 atom stereocenters. The van der Waals surface area contributed by atoms with Gasteiger partial charge in [-0.1, -0.05) is 0 Å². The van der Waals surface area contributed by atoms with E-state index in [2.05, 4.69) is 21.1 Å². The standard InChI is InChI=1S/C15H26ClFN4O4S/c16-12-7-9(13-3-4-18-19-13)6-11(14(12)17)15(22)20-21-26(23,24)10-2-1-5-25-8-10/h9-14,18-19,21H,1-8H2,(H,20,22). The van der Waals surface area contributed by atoms with E-state index in [0.29, 0.717) is 32.3 Å². The highest BCUT2D eigenvalue weighted by atomic mass is 35.5. The summed E-state index contributed by atoms with van der Waals surface area (Å²) in [5.74, 6) is -1.61. The van der Waals surface area contributed by atoms with Gasteiger partial charge in [0.2, 0.25) is 15.9 Å². The maximum Gasteiger partial charge on any atom is 0.241 e. The van der Waals surface area contributed by atoms with E-state index in [9.17, 15) is 17.6 Å². The SMILES string of the molecule is O=C(NNS(=O)(=O)C1CCCOC1)C1CC(C2CCNN2)CC(Cl)C1F. The number of ether oxygens (including phenoxy) is 1. The van der Waals surface area contributed by atoms with Gasteiger partial charge in [0.15, 0.2) is 0 Å². The van der Waals surface area contributed by atoms with Crippen LogP contribution in [0.15, 0.2) is 0 Å². The zero-order valence-corrected chi connectivity index (χ0v) is 16.0. The first-order chi connectivity index (χ1) is 12.4. The molecule has 3 fully saturated rings. The molecule has 6 unspecified atom stereocenters. The Kier molecular flexibility index (Phi) is 6.73. The van der Waals surface area contributed by atoms with Crippen molar-refractivity contribution in [1.29, 1.82) is 0 Å². The number of nitrogens with one attached hydrogen (secondary N) is 4. The summed E-state index contributed by atoms with van der Waals surface area (Å²) in [6.45, 7) is 1.44. The highest BCUT2D eigenvalue weighted by Gasteiger charge is 2.44. The number of halogens is 2. The number of alkyl halides is 2. The number of sulfonamides is 1. The summed E-state index contributed by atoms with van der Waals surface area (Å²) in [7, 11) is -3.76. The lowest BCUT2D eigenvalue weighted by Crippen LogP contribution is -2.54. The van der Waals surface area contributed by atoms with Crippen LogP contribution in [0.1, 0.15) is 32.1 Å². The lowest BCUT2D eigenvalue weighted by Gasteiger charge is -2.37. The Morgan fingerprint density at radius 2 is 2.08 bits per heavy atom. The topological polar surface area (TPSA) is 109 Å². The normalized spacial score (nSPS) is 38.8. The Morgan fingerprint density at radius 1 is 1.27 bits per heavy atom. The van der Waals surface area contributed by atoms with Crippen molar-refractivity contribution in [1.82, 2.24) is 21.1 Å². The van der Waals surface area contributed by atoms with Crippen LogP contribution in [0.2, 0.25) is 0 Å². The first kappa shape index (κ1) is 20.2. The lowest BCUT2D eigenvalue weighted by atomic mass is 9.75. The Hall–Kier alpha value is -0.520. The number of carbonyl (C=O) groups excluding carboxylic acids is 1. The zero-order valence-electron chi connectivity index (χ0n) is 14.4. The van der Waals surface area contributed by atoms with Gasteiger partial charge in [-0.2, -0.15) is 0 Å². The molecule has 3 rings (SSSR count). The maximum atomic E-state index is 14.5. The Bertz CT molecular complexity index is 598. The van der Waals surface area contributed by atoms with Crippen LogP contribution in [0.4, 0.5) is 4.39 Å². The van der Waals surface area contributed by atoms with Gasteiger partial charge in [0, 0.05) is 19.2 Å². The molecule has 0 bridgehead atoms. The van der Waals surface area contributed by atoms with E-state index in [1.807, 2.05) is 0 Å². The van der Waals surface area contributed by atoms with E-state index in [1.54, 1.807) is 0 Å². The van der Waals surface area contributed by atoms with Gasteiger partial charge in [-0.15, -0.1) is 16.4 Å². The minimum atomic E-state index is -3.76. The first-order valence-corrected chi connectivity index (χ1v) is 11.0. The second-order valence-electron chi connectivity index (χ2n) is 7.24. The highest BCUT2D eigenvalue weighted by molar-refractivity contribution is 7.90. The average molecular weight is 413 g/mol. The van der Waals surface area contributed by atoms with Crippen molar-refractivity contribution < 1.29 is 22.3 Å². The number of rotatable bonds is 5. The predicted molar refractivity (Wildman–Crippen MR) is 94.3 cm³/mol. The van der Waals surface area contributed by atoms with Crippen molar-refractivity contribution in [2.24, 2.45) is 11.8 Å². The van der Waals surface area contributed by atoms with Gasteiger partial charge in [0.1, 0.15) is 11.4 Å². The van der Waals surface area contributed by atoms with Gasteiger partial charge in [-0.25, -0.2) is 12.8 Å². The fourth-order valence-corrected chi connectivity index (χ4v) is 5.48. The van der Waals surface area contributed by atoms with E-state index in [-0.39, 0.29) is 18.6 Å². The molecule has 2 heterocycles. The minimum absolute atomic E-state index is 0.0543. The van der Waals surface area contributed by atoms with E-state index in [0.717, 1.165) is 13.0 Å². The number of amides is 1. The summed E-state index contributed by atoms with van der Waals surface area (Å²) in [5, 5.41) is -1.48. The number of hydrazine groups is 2.